The quantitative estimate of drug-likeness (QED) is 0.260. The van der Waals surface area contributed by atoms with E-state index in [4.69, 9.17) is 0 Å². The summed E-state index contributed by atoms with van der Waals surface area (Å²) >= 11 is 0. The van der Waals surface area contributed by atoms with E-state index in [0.29, 0.717) is 12.0 Å². The van der Waals surface area contributed by atoms with E-state index in [0.717, 1.165) is 43.2 Å². The maximum atomic E-state index is 13.7. The Morgan fingerprint density at radius 2 is 1.76 bits per heavy atom. The summed E-state index contributed by atoms with van der Waals surface area (Å²) < 4.78 is 0. The van der Waals surface area contributed by atoms with Crippen molar-refractivity contribution in [3.05, 3.63) is 65.2 Å². The van der Waals surface area contributed by atoms with Crippen LogP contribution in [0.25, 0.3) is 0 Å². The number of aliphatic hydroxyl groups excluding tert-OH is 1. The molecule has 0 aliphatic heterocycles. The molecule has 4 unspecified atom stereocenters. The van der Waals surface area contributed by atoms with E-state index in [1.54, 1.807) is 29.7 Å². The zero-order chi connectivity index (χ0) is 24.1. The summed E-state index contributed by atoms with van der Waals surface area (Å²) in [6, 6.07) is 12.7. The van der Waals surface area contributed by atoms with E-state index < -0.39 is 35.9 Å². The van der Waals surface area contributed by atoms with Crippen molar-refractivity contribution in [2.45, 2.75) is 69.2 Å². The number of phenolic OH excluding ortho intramolecular Hbond substituents is 1. The standard InChI is InChI=1S/C26H33N3O5/c30-19-11-6-7-16(13-19)14-21(24(26(33)29-34)27-18-9-2-1-3-10-18)25(32)28-23-20-12-5-4-8-17(20)15-22(23)31/h4-8,11-13,18,21-24,27,30-31,34H,1-3,9-10,14-15H2,(H,28,32)(H,29,33). The van der Waals surface area contributed by atoms with Gasteiger partial charge in [0.25, 0.3) is 5.91 Å². The highest BCUT2D eigenvalue weighted by atomic mass is 16.5. The van der Waals surface area contributed by atoms with Crippen molar-refractivity contribution in [3.8, 4) is 5.75 Å². The molecule has 2 amide bonds. The Morgan fingerprint density at radius 1 is 1.00 bits per heavy atom. The molecule has 4 atom stereocenters. The summed E-state index contributed by atoms with van der Waals surface area (Å²) in [5, 5.41) is 36.3. The second kappa shape index (κ2) is 11.0. The van der Waals surface area contributed by atoms with Crippen LogP contribution in [0.2, 0.25) is 0 Å². The van der Waals surface area contributed by atoms with Crippen LogP contribution >= 0.6 is 0 Å². The molecule has 2 aliphatic carbocycles. The average Bonchev–Trinajstić information content (AvgIpc) is 3.16. The summed E-state index contributed by atoms with van der Waals surface area (Å²) in [5.41, 5.74) is 4.26. The molecular formula is C26H33N3O5. The Bertz CT molecular complexity index is 1010. The highest BCUT2D eigenvalue weighted by Gasteiger charge is 2.39. The molecule has 8 nitrogen and oxygen atoms in total. The Labute approximate surface area is 199 Å². The Morgan fingerprint density at radius 3 is 2.50 bits per heavy atom. The van der Waals surface area contributed by atoms with Gasteiger partial charge in [0, 0.05) is 12.5 Å². The molecule has 0 heterocycles. The average molecular weight is 468 g/mol. The van der Waals surface area contributed by atoms with E-state index in [2.05, 4.69) is 10.6 Å². The number of aromatic hydroxyl groups is 1. The lowest BCUT2D eigenvalue weighted by molar-refractivity contribution is -0.138. The van der Waals surface area contributed by atoms with Gasteiger partial charge < -0.3 is 20.8 Å². The number of aliphatic hydroxyl groups is 1. The largest absolute Gasteiger partial charge is 0.508 e. The lowest BCUT2D eigenvalue weighted by atomic mass is 9.87. The summed E-state index contributed by atoms with van der Waals surface area (Å²) in [5.74, 6) is -1.89. The number of carbonyl (C=O) groups is 2. The molecule has 0 aromatic heterocycles. The summed E-state index contributed by atoms with van der Waals surface area (Å²) in [4.78, 5) is 26.4. The van der Waals surface area contributed by atoms with Crippen LogP contribution in [0.3, 0.4) is 0 Å². The van der Waals surface area contributed by atoms with E-state index in [-0.39, 0.29) is 18.2 Å². The maximum absolute atomic E-state index is 13.7. The first-order valence-corrected chi connectivity index (χ1v) is 12.0. The van der Waals surface area contributed by atoms with Crippen molar-refractivity contribution in [2.24, 2.45) is 5.92 Å². The van der Waals surface area contributed by atoms with Crippen LogP contribution < -0.4 is 16.1 Å². The molecule has 0 bridgehead atoms. The number of hydroxylamine groups is 1. The molecule has 1 saturated carbocycles. The molecule has 0 spiro atoms. The lowest BCUT2D eigenvalue weighted by Crippen LogP contribution is -2.56. The molecule has 6 N–H and O–H groups in total. The molecule has 2 aromatic carbocycles. The second-order valence-corrected chi connectivity index (χ2v) is 9.39. The minimum absolute atomic E-state index is 0.0633. The molecular weight excluding hydrogens is 434 g/mol. The lowest BCUT2D eigenvalue weighted by Gasteiger charge is -2.32. The van der Waals surface area contributed by atoms with Crippen LogP contribution in [0, 0.1) is 5.92 Å². The van der Waals surface area contributed by atoms with Crippen molar-refractivity contribution in [2.75, 3.05) is 0 Å². The van der Waals surface area contributed by atoms with Gasteiger partial charge >= 0.3 is 0 Å². The van der Waals surface area contributed by atoms with Crippen LogP contribution in [0.4, 0.5) is 0 Å². The molecule has 34 heavy (non-hydrogen) atoms. The van der Waals surface area contributed by atoms with Gasteiger partial charge in [0.1, 0.15) is 11.8 Å². The van der Waals surface area contributed by atoms with Crippen LogP contribution in [-0.2, 0) is 22.4 Å². The van der Waals surface area contributed by atoms with Gasteiger partial charge in [0.05, 0.1) is 18.1 Å². The first-order valence-electron chi connectivity index (χ1n) is 12.0. The molecule has 1 fully saturated rings. The SMILES string of the molecule is O=C(NC1c2ccccc2CC1O)C(Cc1cccc(O)c1)C(NC1CCCCC1)C(=O)NO. The molecule has 4 rings (SSSR count). The van der Waals surface area contributed by atoms with Crippen molar-refractivity contribution in [1.29, 1.82) is 0 Å². The smallest absolute Gasteiger partial charge is 0.261 e. The normalized spacial score (nSPS) is 21.9. The maximum Gasteiger partial charge on any atom is 0.261 e. The van der Waals surface area contributed by atoms with Gasteiger partial charge in [0.15, 0.2) is 0 Å². The number of hydrogen-bond donors (Lipinski definition) is 6. The predicted molar refractivity (Wildman–Crippen MR) is 126 cm³/mol. The number of fused-ring (bicyclic) bond motifs is 1. The van der Waals surface area contributed by atoms with E-state index in [1.165, 1.54) is 0 Å². The summed E-state index contributed by atoms with van der Waals surface area (Å²) in [6.07, 6.45) is 4.86. The molecule has 2 aliphatic rings. The number of carbonyl (C=O) groups excluding carboxylic acids is 2. The van der Waals surface area contributed by atoms with Crippen molar-refractivity contribution < 1.29 is 25.0 Å². The molecule has 0 saturated heterocycles. The van der Waals surface area contributed by atoms with E-state index >= 15 is 0 Å². The fourth-order valence-electron chi connectivity index (χ4n) is 5.27. The third kappa shape index (κ3) is 5.58. The summed E-state index contributed by atoms with van der Waals surface area (Å²) in [6.45, 7) is 0. The number of phenols is 1. The van der Waals surface area contributed by atoms with Crippen LogP contribution in [0.5, 0.6) is 5.75 Å². The minimum atomic E-state index is -0.982. The van der Waals surface area contributed by atoms with Crippen LogP contribution in [-0.4, -0.2) is 45.4 Å². The Hall–Kier alpha value is -2.94. The molecule has 182 valence electrons. The minimum Gasteiger partial charge on any atom is -0.508 e. The van der Waals surface area contributed by atoms with Gasteiger partial charge in [-0.3, -0.25) is 14.8 Å². The van der Waals surface area contributed by atoms with Gasteiger partial charge in [-0.05, 0) is 48.1 Å². The molecule has 8 heteroatoms. The van der Waals surface area contributed by atoms with Crippen LogP contribution in [0.1, 0.15) is 54.8 Å². The first-order chi connectivity index (χ1) is 16.5. The Kier molecular flexibility index (Phi) is 7.82. The number of benzene rings is 2. The van der Waals surface area contributed by atoms with Gasteiger partial charge in [-0.15, -0.1) is 0 Å². The van der Waals surface area contributed by atoms with Crippen molar-refractivity contribution in [3.63, 3.8) is 0 Å². The monoisotopic (exact) mass is 467 g/mol. The highest BCUT2D eigenvalue weighted by molar-refractivity contribution is 5.90. The Balaban J connectivity index is 1.61. The fraction of sp³-hybridized carbons (Fsp3) is 0.462. The number of hydrogen-bond acceptors (Lipinski definition) is 6. The number of rotatable bonds is 8. The number of amides is 2. The fourth-order valence-corrected chi connectivity index (χ4v) is 5.27. The van der Waals surface area contributed by atoms with Gasteiger partial charge in [-0.25, -0.2) is 5.48 Å². The predicted octanol–water partition coefficient (Wildman–Crippen LogP) is 2.12. The second-order valence-electron chi connectivity index (χ2n) is 9.39. The zero-order valence-electron chi connectivity index (χ0n) is 19.1. The third-order valence-corrected chi connectivity index (χ3v) is 7.02. The zero-order valence-corrected chi connectivity index (χ0v) is 19.1. The topological polar surface area (TPSA) is 131 Å². The molecule has 2 aromatic rings. The van der Waals surface area contributed by atoms with Crippen molar-refractivity contribution >= 4 is 11.8 Å². The van der Waals surface area contributed by atoms with Crippen LogP contribution in [0.15, 0.2) is 48.5 Å². The van der Waals surface area contributed by atoms with Gasteiger partial charge in [-0.2, -0.15) is 0 Å². The molecule has 0 radical (unpaired) electrons. The van der Waals surface area contributed by atoms with E-state index in [1.807, 2.05) is 24.3 Å². The van der Waals surface area contributed by atoms with E-state index in [9.17, 15) is 25.0 Å². The van der Waals surface area contributed by atoms with Crippen molar-refractivity contribution in [1.82, 2.24) is 16.1 Å². The third-order valence-electron chi connectivity index (χ3n) is 7.02. The first kappa shape index (κ1) is 24.2. The van der Waals surface area contributed by atoms with Gasteiger partial charge in [-0.1, -0.05) is 55.7 Å². The summed E-state index contributed by atoms with van der Waals surface area (Å²) in [7, 11) is 0. The number of nitrogens with one attached hydrogen (secondary N) is 3. The highest BCUT2D eigenvalue weighted by Crippen LogP contribution is 2.32. The van der Waals surface area contributed by atoms with Gasteiger partial charge in [0.2, 0.25) is 5.91 Å².